The Hall–Kier alpha value is -2.14. The van der Waals surface area contributed by atoms with Crippen molar-refractivity contribution in [2.24, 2.45) is 11.3 Å². The molecular formula is C20H26N4O. The number of hydrogen-bond donors (Lipinski definition) is 1. The molecular weight excluding hydrogens is 312 g/mol. The molecule has 0 spiro atoms. The van der Waals surface area contributed by atoms with E-state index in [1.54, 1.807) is 0 Å². The van der Waals surface area contributed by atoms with Gasteiger partial charge in [-0.05, 0) is 18.0 Å². The van der Waals surface area contributed by atoms with E-state index in [1.807, 2.05) is 24.4 Å². The van der Waals surface area contributed by atoms with E-state index in [0.717, 1.165) is 25.2 Å². The molecule has 0 bridgehead atoms. The normalized spacial score (nSPS) is 24.6. The standard InChI is InChI=1S/C20H26N4O/c1-20(2)17(14-7-5-4-6-8-14)18(20)19(25)21-11-15-12-22-24-10-9-23(3)13-16(15)24/h4-8,12,17-18H,9-11,13H2,1-3H3,(H,21,25)/t17-,18+/m1/s1. The third kappa shape index (κ3) is 2.86. The second-order valence-corrected chi connectivity index (χ2v) is 7.98. The lowest BCUT2D eigenvalue weighted by molar-refractivity contribution is -0.123. The summed E-state index contributed by atoms with van der Waals surface area (Å²) < 4.78 is 2.06. The smallest absolute Gasteiger partial charge is 0.224 e. The van der Waals surface area contributed by atoms with E-state index < -0.39 is 0 Å². The highest BCUT2D eigenvalue weighted by atomic mass is 16.2. The van der Waals surface area contributed by atoms with Crippen LogP contribution in [0.25, 0.3) is 0 Å². The molecule has 25 heavy (non-hydrogen) atoms. The second kappa shape index (κ2) is 5.99. The molecule has 0 radical (unpaired) electrons. The monoisotopic (exact) mass is 338 g/mol. The Morgan fingerprint density at radius 3 is 2.80 bits per heavy atom. The Kier molecular flexibility index (Phi) is 3.91. The molecule has 1 amide bonds. The molecule has 0 saturated heterocycles. The number of aromatic nitrogens is 2. The summed E-state index contributed by atoms with van der Waals surface area (Å²) in [5.41, 5.74) is 3.64. The zero-order valence-electron chi connectivity index (χ0n) is 15.2. The summed E-state index contributed by atoms with van der Waals surface area (Å²) in [5, 5.41) is 7.62. The van der Waals surface area contributed by atoms with Crippen molar-refractivity contribution in [3.63, 3.8) is 0 Å². The van der Waals surface area contributed by atoms with Gasteiger partial charge in [0.1, 0.15) is 0 Å². The van der Waals surface area contributed by atoms with Crippen molar-refractivity contribution in [2.45, 2.75) is 39.4 Å². The SMILES string of the molecule is CN1CCn2ncc(CNC(=O)[C@@H]3[C@@H](c4ccccc4)C3(C)C)c2C1. The number of benzene rings is 1. The number of carbonyl (C=O) groups excluding carboxylic acids is 1. The average molecular weight is 338 g/mol. The summed E-state index contributed by atoms with van der Waals surface area (Å²) in [6.45, 7) is 7.78. The first-order chi connectivity index (χ1) is 12.0. The van der Waals surface area contributed by atoms with Gasteiger partial charge in [-0.1, -0.05) is 44.2 Å². The number of fused-ring (bicyclic) bond motifs is 1. The number of hydrogen-bond acceptors (Lipinski definition) is 3. The van der Waals surface area contributed by atoms with Crippen molar-refractivity contribution in [3.05, 3.63) is 53.3 Å². The third-order valence-electron chi connectivity index (χ3n) is 5.87. The van der Waals surface area contributed by atoms with Crippen molar-refractivity contribution >= 4 is 5.91 Å². The van der Waals surface area contributed by atoms with Crippen LogP contribution in [0.1, 0.15) is 36.6 Å². The van der Waals surface area contributed by atoms with E-state index in [0.29, 0.717) is 12.5 Å². The van der Waals surface area contributed by atoms with Crippen LogP contribution in [-0.4, -0.2) is 34.2 Å². The van der Waals surface area contributed by atoms with Gasteiger partial charge in [0.15, 0.2) is 0 Å². The topological polar surface area (TPSA) is 50.2 Å². The Bertz CT molecular complexity index is 780. The molecule has 0 unspecified atom stereocenters. The van der Waals surface area contributed by atoms with E-state index in [-0.39, 0.29) is 17.2 Å². The quantitative estimate of drug-likeness (QED) is 0.931. The van der Waals surface area contributed by atoms with Gasteiger partial charge in [-0.15, -0.1) is 0 Å². The van der Waals surface area contributed by atoms with Crippen LogP contribution < -0.4 is 5.32 Å². The third-order valence-corrected chi connectivity index (χ3v) is 5.87. The average Bonchev–Trinajstić information content (AvgIpc) is 2.97. The predicted octanol–water partition coefficient (Wildman–Crippen LogP) is 2.38. The van der Waals surface area contributed by atoms with Gasteiger partial charge in [0.25, 0.3) is 0 Å². The van der Waals surface area contributed by atoms with Crippen LogP contribution in [0.3, 0.4) is 0 Å². The first-order valence-corrected chi connectivity index (χ1v) is 9.03. The fourth-order valence-electron chi connectivity index (χ4n) is 4.27. The van der Waals surface area contributed by atoms with Crippen LogP contribution in [0.15, 0.2) is 36.5 Å². The van der Waals surface area contributed by atoms with Crippen molar-refractivity contribution in [3.8, 4) is 0 Å². The minimum Gasteiger partial charge on any atom is -0.352 e. The zero-order valence-corrected chi connectivity index (χ0v) is 15.2. The van der Waals surface area contributed by atoms with E-state index in [1.165, 1.54) is 11.3 Å². The summed E-state index contributed by atoms with van der Waals surface area (Å²) in [5.74, 6) is 0.507. The van der Waals surface area contributed by atoms with Gasteiger partial charge in [0, 0.05) is 31.1 Å². The number of amides is 1. The summed E-state index contributed by atoms with van der Waals surface area (Å²) >= 11 is 0. The summed E-state index contributed by atoms with van der Waals surface area (Å²) in [6.07, 6.45) is 1.90. The van der Waals surface area contributed by atoms with Crippen molar-refractivity contribution in [2.75, 3.05) is 13.6 Å². The van der Waals surface area contributed by atoms with Gasteiger partial charge in [-0.2, -0.15) is 5.10 Å². The van der Waals surface area contributed by atoms with Crippen molar-refractivity contribution in [1.29, 1.82) is 0 Å². The van der Waals surface area contributed by atoms with Gasteiger partial charge in [-0.3, -0.25) is 14.4 Å². The minimum absolute atomic E-state index is 0.0180. The van der Waals surface area contributed by atoms with Crippen molar-refractivity contribution < 1.29 is 4.79 Å². The highest BCUT2D eigenvalue weighted by Gasteiger charge is 2.62. The van der Waals surface area contributed by atoms with Gasteiger partial charge in [0.05, 0.1) is 24.4 Å². The first kappa shape index (κ1) is 16.3. The molecule has 1 aromatic carbocycles. The molecule has 1 aliphatic heterocycles. The summed E-state index contributed by atoms with van der Waals surface area (Å²) in [6, 6.07) is 10.4. The largest absolute Gasteiger partial charge is 0.352 e. The van der Waals surface area contributed by atoms with E-state index in [4.69, 9.17) is 0 Å². The minimum atomic E-state index is 0.0180. The molecule has 1 N–H and O–H groups in total. The lowest BCUT2D eigenvalue weighted by atomic mass is 10.0. The molecule has 5 nitrogen and oxygen atoms in total. The molecule has 2 aliphatic rings. The number of nitrogens with one attached hydrogen (secondary N) is 1. The molecule has 5 heteroatoms. The maximum atomic E-state index is 12.8. The fraction of sp³-hybridized carbons (Fsp3) is 0.500. The van der Waals surface area contributed by atoms with E-state index >= 15 is 0 Å². The van der Waals surface area contributed by atoms with Crippen LogP contribution in [0, 0.1) is 11.3 Å². The lowest BCUT2D eigenvalue weighted by Crippen LogP contribution is -2.32. The van der Waals surface area contributed by atoms with Crippen LogP contribution in [0.5, 0.6) is 0 Å². The Morgan fingerprint density at radius 2 is 2.04 bits per heavy atom. The molecule has 1 saturated carbocycles. The molecule has 132 valence electrons. The lowest BCUT2D eigenvalue weighted by Gasteiger charge is -2.24. The summed E-state index contributed by atoms with van der Waals surface area (Å²) in [4.78, 5) is 15.1. The number of rotatable bonds is 4. The molecule has 2 atom stereocenters. The van der Waals surface area contributed by atoms with Gasteiger partial charge in [-0.25, -0.2) is 0 Å². The molecule has 2 aromatic rings. The highest BCUT2D eigenvalue weighted by Crippen LogP contribution is 2.64. The second-order valence-electron chi connectivity index (χ2n) is 7.98. The van der Waals surface area contributed by atoms with Gasteiger partial charge < -0.3 is 5.32 Å². The molecule has 1 fully saturated rings. The molecule has 4 rings (SSSR count). The van der Waals surface area contributed by atoms with Crippen LogP contribution >= 0.6 is 0 Å². The highest BCUT2D eigenvalue weighted by molar-refractivity contribution is 5.84. The van der Waals surface area contributed by atoms with Crippen LogP contribution in [0.2, 0.25) is 0 Å². The molecule has 2 heterocycles. The maximum absolute atomic E-state index is 12.8. The van der Waals surface area contributed by atoms with Gasteiger partial charge in [0.2, 0.25) is 5.91 Å². The van der Waals surface area contributed by atoms with Crippen LogP contribution in [0.4, 0.5) is 0 Å². The van der Waals surface area contributed by atoms with Crippen molar-refractivity contribution in [1.82, 2.24) is 20.0 Å². The van der Waals surface area contributed by atoms with Crippen LogP contribution in [-0.2, 0) is 24.4 Å². The number of carbonyl (C=O) groups is 1. The van der Waals surface area contributed by atoms with E-state index in [2.05, 4.69) is 53.0 Å². The number of likely N-dealkylation sites (N-methyl/N-ethyl adjacent to an activating group) is 1. The zero-order chi connectivity index (χ0) is 17.6. The summed E-state index contributed by atoms with van der Waals surface area (Å²) in [7, 11) is 2.12. The Morgan fingerprint density at radius 1 is 1.28 bits per heavy atom. The predicted molar refractivity (Wildman–Crippen MR) is 96.9 cm³/mol. The molecule has 1 aliphatic carbocycles. The number of nitrogens with zero attached hydrogens (tertiary/aromatic N) is 3. The van der Waals surface area contributed by atoms with Gasteiger partial charge >= 0.3 is 0 Å². The molecule has 1 aromatic heterocycles. The van der Waals surface area contributed by atoms with E-state index in [9.17, 15) is 4.79 Å². The first-order valence-electron chi connectivity index (χ1n) is 9.03. The maximum Gasteiger partial charge on any atom is 0.224 e. The fourth-order valence-corrected chi connectivity index (χ4v) is 4.27. The Labute approximate surface area is 149 Å². The Balaban J connectivity index is 1.43.